The molecule has 60 heavy (non-hydrogen) atoms. The number of aromatic amines is 2. The van der Waals surface area contributed by atoms with E-state index >= 15 is 0 Å². The van der Waals surface area contributed by atoms with Gasteiger partial charge in [0.2, 0.25) is 0 Å². The van der Waals surface area contributed by atoms with Crippen LogP contribution in [0, 0.1) is 0 Å². The Morgan fingerprint density at radius 2 is 1.27 bits per heavy atom. The summed E-state index contributed by atoms with van der Waals surface area (Å²) in [5.74, 6) is 0.874. The van der Waals surface area contributed by atoms with Crippen molar-refractivity contribution in [2.45, 2.75) is 103 Å². The van der Waals surface area contributed by atoms with Gasteiger partial charge >= 0.3 is 11.1 Å². The van der Waals surface area contributed by atoms with Crippen LogP contribution in [0.25, 0.3) is 11.0 Å². The maximum absolute atomic E-state index is 13.0. The summed E-state index contributed by atoms with van der Waals surface area (Å²) in [5.41, 5.74) is 22.7. The lowest BCUT2D eigenvalue weighted by atomic mass is 9.84. The summed E-state index contributed by atoms with van der Waals surface area (Å²) in [6, 6.07) is 5.93. The molecule has 3 fully saturated rings. The highest BCUT2D eigenvalue weighted by Gasteiger charge is 2.51. The van der Waals surface area contributed by atoms with Crippen molar-refractivity contribution >= 4 is 26.7 Å². The number of fused-ring (bicyclic) bond motifs is 1. The van der Waals surface area contributed by atoms with Gasteiger partial charge in [-0.25, -0.2) is 8.42 Å². The molecule has 0 radical (unpaired) electrons. The monoisotopic (exact) mass is 875 g/mol. The molecule has 1 aliphatic carbocycles. The van der Waals surface area contributed by atoms with E-state index in [-0.39, 0.29) is 23.4 Å². The molecule has 0 spiro atoms. The summed E-state index contributed by atoms with van der Waals surface area (Å²) in [7, 11) is 0.376. The summed E-state index contributed by atoms with van der Waals surface area (Å²) >= 11 is 0. The van der Waals surface area contributed by atoms with Gasteiger partial charge in [0.05, 0.1) is 48.5 Å². The molecule has 2 aliphatic heterocycles. The minimum atomic E-state index is -3.95. The zero-order chi connectivity index (χ0) is 44.4. The molecule has 15 atom stereocenters. The lowest BCUT2D eigenvalue weighted by Crippen LogP contribution is -2.68. The van der Waals surface area contributed by atoms with Crippen molar-refractivity contribution in [1.29, 1.82) is 0 Å². The van der Waals surface area contributed by atoms with E-state index in [0.29, 0.717) is 22.7 Å². The van der Waals surface area contributed by atoms with E-state index in [9.17, 15) is 53.8 Å². The molecule has 2 saturated heterocycles. The van der Waals surface area contributed by atoms with Crippen LogP contribution < -0.4 is 47.8 Å². The quantitative estimate of drug-likeness (QED) is 0.0797. The van der Waals surface area contributed by atoms with Crippen molar-refractivity contribution in [3.8, 4) is 11.5 Å². The molecule has 3 heterocycles. The number of rotatable bonds is 11. The van der Waals surface area contributed by atoms with Gasteiger partial charge in [-0.2, -0.15) is 0 Å². The number of aromatic nitrogens is 2. The molecule has 2 aromatic carbocycles. The number of methoxy groups -OCH3 is 2. The zero-order valence-electron chi connectivity index (χ0n) is 32.6. The number of sulfonamides is 1. The highest BCUT2D eigenvalue weighted by atomic mass is 32.2. The Morgan fingerprint density at radius 1 is 0.733 bits per heavy atom. The first kappa shape index (κ1) is 47.2. The van der Waals surface area contributed by atoms with Crippen LogP contribution in [0.4, 0.5) is 5.69 Å². The van der Waals surface area contributed by atoms with E-state index in [4.69, 9.17) is 51.4 Å². The van der Waals surface area contributed by atoms with Gasteiger partial charge in [-0.15, -0.1) is 0 Å². The first-order valence-electron chi connectivity index (χ1n) is 18.5. The maximum Gasteiger partial charge on any atom is 0.314 e. The van der Waals surface area contributed by atoms with Crippen LogP contribution in [0.3, 0.4) is 0 Å². The SMILES string of the molecule is COc1cc(OC)cc(N(C)S(=O)(=O)c2ccc3[nH]c(=O)c(=O)[nH]c3c2)c1.NC[C@H]1O[C@H](O[C@H]2[C@H](O)[C@@H](O[C@H]3O[C@H](CO)[C@@H](O)[C@H](N)[C@H]3O)[C@H](N)C[C@@H]2N)[C@H](O)[C@@H](O)[C@@H]1O. The van der Waals surface area contributed by atoms with Gasteiger partial charge in [-0.3, -0.25) is 13.9 Å². The molecule has 6 rings (SSSR count). The third-order valence-corrected chi connectivity index (χ3v) is 12.3. The maximum atomic E-state index is 13.0. The lowest BCUT2D eigenvalue weighted by molar-refractivity contribution is -0.332. The Bertz CT molecular complexity index is 2070. The first-order valence-corrected chi connectivity index (χ1v) is 20.0. The standard InChI is InChI=1S/C18H36N4O11.C17H17N3O6S/c19-2-6-10(25)12(27)13(28)18(30-6)33-16-5(21)1-4(20)15(14(16)29)32-17-11(26)8(22)9(24)7(3-23)31-17;1-20(10-6-11(25-2)8-12(7-10)26-3)27(23,24)13-4-5-14-15(9-13)19-17(22)16(21)18-14/h4-18,23-29H,1-3,19-22H2;4-9H,1-3H3,(H,18,21)(H,19,22)/t4-,5+,6-,7-,8+,9-,10-,11-,12+,13-,14-,15+,16-,17-,18-;/m1./s1. The second kappa shape index (κ2) is 19.5. The van der Waals surface area contributed by atoms with Crippen molar-refractivity contribution in [3.05, 3.63) is 57.1 Å². The number of ether oxygens (including phenoxy) is 6. The number of nitrogens with one attached hydrogen (secondary N) is 2. The predicted octanol–water partition coefficient (Wildman–Crippen LogP) is -6.23. The number of aliphatic hydroxyl groups excluding tert-OH is 7. The number of nitrogens with zero attached hydrogens (tertiary/aromatic N) is 1. The van der Waals surface area contributed by atoms with Gasteiger partial charge in [0.15, 0.2) is 12.6 Å². The molecular formula is C35H53N7O17S. The normalized spacial score (nSPS) is 34.7. The van der Waals surface area contributed by atoms with Crippen molar-refractivity contribution in [2.75, 3.05) is 38.7 Å². The Kier molecular flexibility index (Phi) is 15.3. The summed E-state index contributed by atoms with van der Waals surface area (Å²) in [5, 5.41) is 70.9. The Balaban J connectivity index is 0.000000232. The van der Waals surface area contributed by atoms with Crippen LogP contribution in [-0.4, -0.2) is 180 Å². The van der Waals surface area contributed by atoms with E-state index in [1.807, 2.05) is 0 Å². The van der Waals surface area contributed by atoms with E-state index < -0.39 is 119 Å². The highest BCUT2D eigenvalue weighted by Crippen LogP contribution is 2.33. The van der Waals surface area contributed by atoms with Crippen LogP contribution in [-0.2, 0) is 29.0 Å². The second-order valence-corrected chi connectivity index (χ2v) is 16.4. The topological polar surface area (TPSA) is 404 Å². The Morgan fingerprint density at radius 3 is 1.80 bits per heavy atom. The lowest BCUT2D eigenvalue weighted by Gasteiger charge is -2.48. The van der Waals surface area contributed by atoms with Crippen LogP contribution in [0.15, 0.2) is 50.9 Å². The molecule has 17 N–H and O–H groups in total. The molecule has 1 saturated carbocycles. The third-order valence-electron chi connectivity index (χ3n) is 10.5. The number of anilines is 1. The predicted molar refractivity (Wildman–Crippen MR) is 208 cm³/mol. The summed E-state index contributed by atoms with van der Waals surface area (Å²) in [6.45, 7) is -0.763. The van der Waals surface area contributed by atoms with Crippen molar-refractivity contribution in [2.24, 2.45) is 22.9 Å². The molecule has 0 amide bonds. The van der Waals surface area contributed by atoms with Gasteiger partial charge in [0, 0.05) is 43.9 Å². The van der Waals surface area contributed by atoms with Crippen molar-refractivity contribution < 1.29 is 72.6 Å². The largest absolute Gasteiger partial charge is 0.497 e. The van der Waals surface area contributed by atoms with Gasteiger partial charge < -0.3 is 97.1 Å². The van der Waals surface area contributed by atoms with Crippen molar-refractivity contribution in [3.63, 3.8) is 0 Å². The smallest absolute Gasteiger partial charge is 0.314 e. The average molecular weight is 876 g/mol. The fraction of sp³-hybridized carbons (Fsp3) is 0.600. The molecule has 1 aromatic heterocycles. The first-order chi connectivity index (χ1) is 28.3. The van der Waals surface area contributed by atoms with E-state index in [2.05, 4.69) is 9.97 Å². The third kappa shape index (κ3) is 9.76. The van der Waals surface area contributed by atoms with Gasteiger partial charge in [0.1, 0.15) is 72.5 Å². The van der Waals surface area contributed by atoms with Gasteiger partial charge in [0.25, 0.3) is 10.0 Å². The number of nitrogens with two attached hydrogens (primary N) is 4. The molecule has 0 unspecified atom stereocenters. The average Bonchev–Trinajstić information content (AvgIpc) is 3.23. The fourth-order valence-corrected chi connectivity index (χ4v) is 8.13. The van der Waals surface area contributed by atoms with Gasteiger partial charge in [-0.05, 0) is 24.6 Å². The summed E-state index contributed by atoms with van der Waals surface area (Å²) in [6.07, 6.45) is -16.5. The molecule has 3 aliphatic rings. The van der Waals surface area contributed by atoms with E-state index in [0.717, 1.165) is 4.31 Å². The van der Waals surface area contributed by atoms with E-state index in [1.165, 1.54) is 39.5 Å². The van der Waals surface area contributed by atoms with Gasteiger partial charge in [-0.1, -0.05) is 0 Å². The molecule has 3 aromatic rings. The summed E-state index contributed by atoms with van der Waals surface area (Å²) in [4.78, 5) is 27.6. The zero-order valence-corrected chi connectivity index (χ0v) is 33.4. The number of hydrogen-bond acceptors (Lipinski definition) is 21. The fourth-order valence-electron chi connectivity index (χ4n) is 6.93. The Labute approximate surface area is 342 Å². The number of aliphatic hydroxyl groups is 7. The highest BCUT2D eigenvalue weighted by molar-refractivity contribution is 7.92. The van der Waals surface area contributed by atoms with Crippen LogP contribution in [0.1, 0.15) is 6.42 Å². The van der Waals surface area contributed by atoms with E-state index in [1.54, 1.807) is 18.2 Å². The molecule has 24 nitrogen and oxygen atoms in total. The number of hydrogen-bond donors (Lipinski definition) is 13. The van der Waals surface area contributed by atoms with Crippen LogP contribution in [0.2, 0.25) is 0 Å². The molecule has 336 valence electrons. The second-order valence-electron chi connectivity index (χ2n) is 14.4. The molecule has 25 heteroatoms. The molecule has 0 bridgehead atoms. The van der Waals surface area contributed by atoms with Crippen LogP contribution >= 0.6 is 0 Å². The minimum absolute atomic E-state index is 0.0537. The van der Waals surface area contributed by atoms with Crippen LogP contribution in [0.5, 0.6) is 11.5 Å². The number of benzene rings is 2. The Hall–Kier alpha value is -3.87. The summed E-state index contributed by atoms with van der Waals surface area (Å²) < 4.78 is 59.6. The molecular weight excluding hydrogens is 822 g/mol. The minimum Gasteiger partial charge on any atom is -0.497 e. The van der Waals surface area contributed by atoms with Crippen molar-refractivity contribution in [1.82, 2.24) is 9.97 Å². The number of H-pyrrole nitrogens is 2.